The summed E-state index contributed by atoms with van der Waals surface area (Å²) in [4.78, 5) is 0. The summed E-state index contributed by atoms with van der Waals surface area (Å²) in [5.41, 5.74) is 5.73. The Bertz CT molecular complexity index is 262. The Morgan fingerprint density at radius 2 is 2.23 bits per heavy atom. The molecule has 0 aliphatic carbocycles. The lowest BCUT2D eigenvalue weighted by molar-refractivity contribution is 0.532. The van der Waals surface area contributed by atoms with Crippen LogP contribution in [0.25, 0.3) is 0 Å². The molecule has 2 nitrogen and oxygen atoms in total. The fourth-order valence-electron chi connectivity index (χ4n) is 0.795. The van der Waals surface area contributed by atoms with Gasteiger partial charge in [-0.25, -0.2) is 0 Å². The molecule has 0 aliphatic heterocycles. The van der Waals surface area contributed by atoms with Gasteiger partial charge in [0.25, 0.3) is 0 Å². The van der Waals surface area contributed by atoms with E-state index in [0.29, 0.717) is 10.5 Å². The second kappa shape index (κ2) is 4.94. The van der Waals surface area contributed by atoms with E-state index in [4.69, 9.17) is 21.8 Å². The topological polar surface area (TPSA) is 39.2 Å². The van der Waals surface area contributed by atoms with E-state index in [1.807, 2.05) is 13.0 Å². The highest BCUT2D eigenvalue weighted by atomic mass is 35.5. The van der Waals surface area contributed by atoms with Crippen molar-refractivity contribution >= 4 is 23.4 Å². The number of thioether (sulfide) groups is 1. The lowest BCUT2D eigenvalue weighted by Gasteiger charge is -2.13. The maximum absolute atomic E-state index is 5.73. The van der Waals surface area contributed by atoms with Crippen molar-refractivity contribution in [1.29, 1.82) is 0 Å². The maximum atomic E-state index is 5.73. The van der Waals surface area contributed by atoms with Crippen molar-refractivity contribution in [3.63, 3.8) is 0 Å². The standard InChI is InChI=1S/C9H14ClNOS/c1-6(11)7(2)13-5-8-3-4-9(10)12-8/h3-4,6-7H,5,11H2,1-2H3. The normalized spacial score (nSPS) is 15.7. The Labute approximate surface area is 87.8 Å². The average molecular weight is 220 g/mol. The van der Waals surface area contributed by atoms with Crippen molar-refractivity contribution in [3.05, 3.63) is 23.1 Å². The van der Waals surface area contributed by atoms with Crippen LogP contribution in [0.15, 0.2) is 16.5 Å². The van der Waals surface area contributed by atoms with Gasteiger partial charge in [0.15, 0.2) is 5.22 Å². The predicted octanol–water partition coefficient (Wildman–Crippen LogP) is 2.90. The minimum atomic E-state index is 0.204. The first-order chi connectivity index (χ1) is 6.09. The van der Waals surface area contributed by atoms with Crippen molar-refractivity contribution in [3.8, 4) is 0 Å². The van der Waals surface area contributed by atoms with Gasteiger partial charge < -0.3 is 10.2 Å². The average Bonchev–Trinajstić information content (AvgIpc) is 2.47. The van der Waals surface area contributed by atoms with Gasteiger partial charge in [-0.1, -0.05) is 6.92 Å². The Hall–Kier alpha value is -0.120. The van der Waals surface area contributed by atoms with Crippen LogP contribution in [0.3, 0.4) is 0 Å². The van der Waals surface area contributed by atoms with Crippen LogP contribution in [0.5, 0.6) is 0 Å². The molecule has 0 saturated heterocycles. The molecule has 2 N–H and O–H groups in total. The van der Waals surface area contributed by atoms with Gasteiger partial charge in [-0.2, -0.15) is 0 Å². The summed E-state index contributed by atoms with van der Waals surface area (Å²) in [5.74, 6) is 1.73. The minimum absolute atomic E-state index is 0.204. The van der Waals surface area contributed by atoms with Crippen LogP contribution in [0, 0.1) is 0 Å². The van der Waals surface area contributed by atoms with Gasteiger partial charge in [0, 0.05) is 11.3 Å². The van der Waals surface area contributed by atoms with E-state index in [9.17, 15) is 0 Å². The Morgan fingerprint density at radius 1 is 1.54 bits per heavy atom. The minimum Gasteiger partial charge on any atom is -0.449 e. The summed E-state index contributed by atoms with van der Waals surface area (Å²) in [6.45, 7) is 4.12. The van der Waals surface area contributed by atoms with Crippen molar-refractivity contribution < 1.29 is 4.42 Å². The lowest BCUT2D eigenvalue weighted by Crippen LogP contribution is -2.26. The number of halogens is 1. The SMILES string of the molecule is CC(N)C(C)SCc1ccc(Cl)o1. The van der Waals surface area contributed by atoms with E-state index in [0.717, 1.165) is 11.5 Å². The van der Waals surface area contributed by atoms with Gasteiger partial charge in [-0.15, -0.1) is 11.8 Å². The number of nitrogens with two attached hydrogens (primary N) is 1. The number of rotatable bonds is 4. The summed E-state index contributed by atoms with van der Waals surface area (Å²) < 4.78 is 5.22. The summed E-state index contributed by atoms with van der Waals surface area (Å²) in [6, 6.07) is 3.85. The first kappa shape index (κ1) is 11.0. The number of hydrogen-bond acceptors (Lipinski definition) is 3. The molecule has 2 unspecified atom stereocenters. The quantitative estimate of drug-likeness (QED) is 0.847. The molecule has 0 aromatic carbocycles. The zero-order valence-electron chi connectivity index (χ0n) is 7.79. The third kappa shape index (κ3) is 3.63. The first-order valence-corrected chi connectivity index (χ1v) is 5.63. The molecule has 1 heterocycles. The van der Waals surface area contributed by atoms with E-state index in [1.165, 1.54) is 0 Å². The van der Waals surface area contributed by atoms with Crippen LogP contribution in [0.1, 0.15) is 19.6 Å². The lowest BCUT2D eigenvalue weighted by atomic mass is 10.3. The molecule has 1 rings (SSSR count). The molecular weight excluding hydrogens is 206 g/mol. The second-order valence-electron chi connectivity index (χ2n) is 3.08. The summed E-state index contributed by atoms with van der Waals surface area (Å²) in [7, 11) is 0. The van der Waals surface area contributed by atoms with Gasteiger partial charge >= 0.3 is 0 Å². The zero-order valence-corrected chi connectivity index (χ0v) is 9.36. The third-order valence-corrected chi connectivity index (χ3v) is 3.47. The molecular formula is C9H14ClNOS. The molecule has 74 valence electrons. The summed E-state index contributed by atoms with van der Waals surface area (Å²) in [5, 5.41) is 0.882. The van der Waals surface area contributed by atoms with Gasteiger partial charge in [0.1, 0.15) is 5.76 Å². The zero-order chi connectivity index (χ0) is 9.84. The molecule has 0 fully saturated rings. The highest BCUT2D eigenvalue weighted by Gasteiger charge is 2.09. The molecule has 13 heavy (non-hydrogen) atoms. The maximum Gasteiger partial charge on any atom is 0.193 e. The molecule has 0 radical (unpaired) electrons. The largest absolute Gasteiger partial charge is 0.449 e. The smallest absolute Gasteiger partial charge is 0.193 e. The second-order valence-corrected chi connectivity index (χ2v) is 4.82. The molecule has 4 heteroatoms. The van der Waals surface area contributed by atoms with Crippen molar-refractivity contribution in [2.75, 3.05) is 0 Å². The Balaban J connectivity index is 2.35. The molecule has 2 atom stereocenters. The molecule has 0 bridgehead atoms. The Kier molecular flexibility index (Phi) is 4.16. The number of furan rings is 1. The molecule has 0 saturated carbocycles. The van der Waals surface area contributed by atoms with E-state index < -0.39 is 0 Å². The van der Waals surface area contributed by atoms with Gasteiger partial charge in [-0.05, 0) is 30.7 Å². The van der Waals surface area contributed by atoms with Crippen LogP contribution in [0.2, 0.25) is 5.22 Å². The van der Waals surface area contributed by atoms with Crippen LogP contribution >= 0.6 is 23.4 Å². The van der Waals surface area contributed by atoms with E-state index in [-0.39, 0.29) is 6.04 Å². The fraction of sp³-hybridized carbons (Fsp3) is 0.556. The highest BCUT2D eigenvalue weighted by molar-refractivity contribution is 7.99. The van der Waals surface area contributed by atoms with E-state index in [1.54, 1.807) is 17.8 Å². The molecule has 0 spiro atoms. The predicted molar refractivity (Wildman–Crippen MR) is 58.1 cm³/mol. The fourth-order valence-corrected chi connectivity index (χ4v) is 1.84. The van der Waals surface area contributed by atoms with Crippen LogP contribution < -0.4 is 5.73 Å². The van der Waals surface area contributed by atoms with Gasteiger partial charge in [0.2, 0.25) is 0 Å². The van der Waals surface area contributed by atoms with Crippen molar-refractivity contribution in [2.24, 2.45) is 5.73 Å². The number of hydrogen-bond donors (Lipinski definition) is 1. The van der Waals surface area contributed by atoms with Crippen LogP contribution in [-0.4, -0.2) is 11.3 Å². The van der Waals surface area contributed by atoms with Crippen molar-refractivity contribution in [1.82, 2.24) is 0 Å². The molecule has 1 aromatic rings. The monoisotopic (exact) mass is 219 g/mol. The third-order valence-electron chi connectivity index (χ3n) is 1.86. The molecule has 0 aliphatic rings. The van der Waals surface area contributed by atoms with Gasteiger partial charge in [-0.3, -0.25) is 0 Å². The first-order valence-electron chi connectivity index (χ1n) is 4.21. The van der Waals surface area contributed by atoms with Crippen LogP contribution in [-0.2, 0) is 5.75 Å². The highest BCUT2D eigenvalue weighted by Crippen LogP contribution is 2.22. The molecule has 0 amide bonds. The molecule has 1 aromatic heterocycles. The van der Waals surface area contributed by atoms with Gasteiger partial charge in [0.05, 0.1) is 5.75 Å². The Morgan fingerprint density at radius 3 is 2.69 bits per heavy atom. The van der Waals surface area contributed by atoms with Crippen LogP contribution in [0.4, 0.5) is 0 Å². The van der Waals surface area contributed by atoms with E-state index in [2.05, 4.69) is 6.92 Å². The van der Waals surface area contributed by atoms with E-state index >= 15 is 0 Å². The summed E-state index contributed by atoms with van der Waals surface area (Å²) >= 11 is 7.41. The van der Waals surface area contributed by atoms with Crippen molar-refractivity contribution in [2.45, 2.75) is 30.9 Å². The summed E-state index contributed by atoms with van der Waals surface area (Å²) in [6.07, 6.45) is 0.